The van der Waals surface area contributed by atoms with Gasteiger partial charge in [-0.1, -0.05) is 25.4 Å². The standard InChI is InChI=1S/C21H35ClN4O2.HI/c1-5-23-21(25-16(4)9-8-10-26(6-2)7-3)24-15-17-13-18(22)20-19(14-17)27-11-12-28-20;/h13-14,16H,5-12,15H2,1-4H3,(H2,23,24,25);1H. The monoisotopic (exact) mass is 538 g/mol. The number of aliphatic imine (C=N–C) groups is 1. The average molecular weight is 539 g/mol. The van der Waals surface area contributed by atoms with Crippen molar-refractivity contribution in [3.8, 4) is 11.5 Å². The molecule has 1 aliphatic rings. The summed E-state index contributed by atoms with van der Waals surface area (Å²) in [5, 5.41) is 7.40. The highest BCUT2D eigenvalue weighted by atomic mass is 127. The van der Waals surface area contributed by atoms with Gasteiger partial charge < -0.3 is 25.0 Å². The third-order valence-corrected chi connectivity index (χ3v) is 5.09. The van der Waals surface area contributed by atoms with Gasteiger partial charge in [0.15, 0.2) is 17.5 Å². The van der Waals surface area contributed by atoms with Gasteiger partial charge in [-0.05, 0) is 64.0 Å². The van der Waals surface area contributed by atoms with E-state index in [0.29, 0.717) is 42.3 Å². The van der Waals surface area contributed by atoms with Crippen molar-refractivity contribution in [2.45, 2.75) is 53.1 Å². The number of ether oxygens (including phenoxy) is 2. The van der Waals surface area contributed by atoms with Gasteiger partial charge in [0.1, 0.15) is 13.2 Å². The lowest BCUT2D eigenvalue weighted by atomic mass is 10.1. The molecule has 1 unspecified atom stereocenters. The third kappa shape index (κ3) is 8.76. The lowest BCUT2D eigenvalue weighted by molar-refractivity contribution is 0.171. The van der Waals surface area contributed by atoms with Gasteiger partial charge in [0.05, 0.1) is 11.6 Å². The summed E-state index contributed by atoms with van der Waals surface area (Å²) in [7, 11) is 0. The van der Waals surface area contributed by atoms with Crippen LogP contribution in [0.4, 0.5) is 0 Å². The molecule has 0 amide bonds. The highest BCUT2D eigenvalue weighted by Gasteiger charge is 2.16. The van der Waals surface area contributed by atoms with Crippen LogP contribution in [-0.2, 0) is 6.54 Å². The Morgan fingerprint density at radius 3 is 2.62 bits per heavy atom. The van der Waals surface area contributed by atoms with Crippen LogP contribution in [0.25, 0.3) is 0 Å². The topological polar surface area (TPSA) is 58.1 Å². The number of hydrogen-bond donors (Lipinski definition) is 2. The Morgan fingerprint density at radius 2 is 1.93 bits per heavy atom. The van der Waals surface area contributed by atoms with E-state index in [1.165, 1.54) is 6.42 Å². The maximum atomic E-state index is 6.33. The highest BCUT2D eigenvalue weighted by Crippen LogP contribution is 2.38. The minimum atomic E-state index is 0. The molecule has 2 rings (SSSR count). The Kier molecular flexibility index (Phi) is 12.7. The molecule has 8 heteroatoms. The van der Waals surface area contributed by atoms with Crippen LogP contribution < -0.4 is 20.1 Å². The first-order valence-electron chi connectivity index (χ1n) is 10.4. The lowest BCUT2D eigenvalue weighted by Gasteiger charge is -2.21. The molecule has 29 heavy (non-hydrogen) atoms. The summed E-state index contributed by atoms with van der Waals surface area (Å²) in [4.78, 5) is 7.17. The van der Waals surface area contributed by atoms with Crippen molar-refractivity contribution in [3.05, 3.63) is 22.7 Å². The Bertz CT molecular complexity index is 641. The molecule has 0 spiro atoms. The summed E-state index contributed by atoms with van der Waals surface area (Å²) in [5.74, 6) is 2.16. The largest absolute Gasteiger partial charge is 0.486 e. The molecule has 0 aliphatic carbocycles. The van der Waals surface area contributed by atoms with Crippen LogP contribution in [0.3, 0.4) is 0 Å². The Balaban J connectivity index is 0.00000420. The fourth-order valence-corrected chi connectivity index (χ4v) is 3.50. The first-order chi connectivity index (χ1) is 13.6. The number of benzene rings is 1. The number of nitrogens with one attached hydrogen (secondary N) is 2. The van der Waals surface area contributed by atoms with Gasteiger partial charge in [0.2, 0.25) is 0 Å². The highest BCUT2D eigenvalue weighted by molar-refractivity contribution is 14.0. The number of nitrogens with zero attached hydrogens (tertiary/aromatic N) is 2. The normalized spacial score (nSPS) is 14.3. The van der Waals surface area contributed by atoms with E-state index in [2.05, 4.69) is 43.2 Å². The van der Waals surface area contributed by atoms with Crippen LogP contribution in [0.5, 0.6) is 11.5 Å². The van der Waals surface area contributed by atoms with Crippen molar-refractivity contribution >= 4 is 41.5 Å². The van der Waals surface area contributed by atoms with Gasteiger partial charge in [0, 0.05) is 12.6 Å². The van der Waals surface area contributed by atoms with Crippen LogP contribution in [0.1, 0.15) is 46.1 Å². The van der Waals surface area contributed by atoms with Gasteiger partial charge in [-0.2, -0.15) is 0 Å². The predicted molar refractivity (Wildman–Crippen MR) is 132 cm³/mol. The number of rotatable bonds is 10. The quantitative estimate of drug-likeness (QED) is 0.264. The molecule has 0 radical (unpaired) electrons. The van der Waals surface area contributed by atoms with E-state index in [9.17, 15) is 0 Å². The lowest BCUT2D eigenvalue weighted by Crippen LogP contribution is -2.42. The molecule has 0 fully saturated rings. The molecular formula is C21H36ClIN4O2. The Hall–Kier alpha value is -0.930. The van der Waals surface area contributed by atoms with E-state index in [4.69, 9.17) is 26.1 Å². The van der Waals surface area contributed by atoms with Crippen molar-refractivity contribution in [1.82, 2.24) is 15.5 Å². The number of guanidine groups is 1. The third-order valence-electron chi connectivity index (χ3n) is 4.81. The van der Waals surface area contributed by atoms with Crippen LogP contribution in [0.2, 0.25) is 5.02 Å². The first-order valence-corrected chi connectivity index (χ1v) is 10.8. The molecule has 0 bridgehead atoms. The zero-order valence-electron chi connectivity index (χ0n) is 18.1. The minimum Gasteiger partial charge on any atom is -0.486 e. The van der Waals surface area contributed by atoms with Crippen molar-refractivity contribution in [2.24, 2.45) is 4.99 Å². The molecule has 166 valence electrons. The van der Waals surface area contributed by atoms with Crippen molar-refractivity contribution < 1.29 is 9.47 Å². The molecule has 0 saturated carbocycles. The van der Waals surface area contributed by atoms with Crippen molar-refractivity contribution in [2.75, 3.05) is 39.4 Å². The van der Waals surface area contributed by atoms with Gasteiger partial charge in [-0.15, -0.1) is 24.0 Å². The second-order valence-electron chi connectivity index (χ2n) is 7.01. The molecule has 0 saturated heterocycles. The number of halogens is 2. The van der Waals surface area contributed by atoms with Gasteiger partial charge in [-0.25, -0.2) is 4.99 Å². The first kappa shape index (κ1) is 26.1. The van der Waals surface area contributed by atoms with Gasteiger partial charge in [-0.3, -0.25) is 0 Å². The Labute approximate surface area is 197 Å². The fourth-order valence-electron chi connectivity index (χ4n) is 3.21. The van der Waals surface area contributed by atoms with E-state index >= 15 is 0 Å². The molecule has 1 aromatic rings. The van der Waals surface area contributed by atoms with E-state index in [0.717, 1.165) is 44.1 Å². The van der Waals surface area contributed by atoms with Crippen LogP contribution in [0.15, 0.2) is 17.1 Å². The average Bonchev–Trinajstić information content (AvgIpc) is 2.69. The Morgan fingerprint density at radius 1 is 1.21 bits per heavy atom. The van der Waals surface area contributed by atoms with E-state index < -0.39 is 0 Å². The summed E-state index contributed by atoms with van der Waals surface area (Å²) in [6.45, 7) is 14.5. The maximum absolute atomic E-state index is 6.33. The molecule has 1 atom stereocenters. The van der Waals surface area contributed by atoms with E-state index in [1.54, 1.807) is 0 Å². The van der Waals surface area contributed by atoms with Gasteiger partial charge in [0.25, 0.3) is 0 Å². The van der Waals surface area contributed by atoms with Crippen molar-refractivity contribution in [3.63, 3.8) is 0 Å². The molecular weight excluding hydrogens is 503 g/mol. The summed E-state index contributed by atoms with van der Waals surface area (Å²) < 4.78 is 11.2. The minimum absolute atomic E-state index is 0. The summed E-state index contributed by atoms with van der Waals surface area (Å²) in [5.41, 5.74) is 1.00. The number of fused-ring (bicyclic) bond motifs is 1. The summed E-state index contributed by atoms with van der Waals surface area (Å²) >= 11 is 6.33. The fraction of sp³-hybridized carbons (Fsp3) is 0.667. The number of hydrogen-bond acceptors (Lipinski definition) is 4. The van der Waals surface area contributed by atoms with Crippen LogP contribution in [-0.4, -0.2) is 56.3 Å². The molecule has 6 nitrogen and oxygen atoms in total. The smallest absolute Gasteiger partial charge is 0.191 e. The zero-order valence-corrected chi connectivity index (χ0v) is 21.2. The molecule has 1 heterocycles. The summed E-state index contributed by atoms with van der Waals surface area (Å²) in [6.07, 6.45) is 2.28. The molecule has 0 aromatic heterocycles. The van der Waals surface area contributed by atoms with Crippen LogP contribution >= 0.6 is 35.6 Å². The van der Waals surface area contributed by atoms with Crippen LogP contribution in [0, 0.1) is 0 Å². The van der Waals surface area contributed by atoms with E-state index in [1.807, 2.05) is 12.1 Å². The SMILES string of the molecule is CCNC(=NCc1cc(Cl)c2c(c1)OCCO2)NC(C)CCCN(CC)CC.I. The van der Waals surface area contributed by atoms with Crippen molar-refractivity contribution in [1.29, 1.82) is 0 Å². The molecule has 2 N–H and O–H groups in total. The van der Waals surface area contributed by atoms with Gasteiger partial charge >= 0.3 is 0 Å². The molecule has 1 aliphatic heterocycles. The zero-order chi connectivity index (χ0) is 20.4. The summed E-state index contributed by atoms with van der Waals surface area (Å²) in [6, 6.07) is 4.22. The molecule has 1 aromatic carbocycles. The second-order valence-corrected chi connectivity index (χ2v) is 7.42. The maximum Gasteiger partial charge on any atom is 0.191 e. The van der Waals surface area contributed by atoms with E-state index in [-0.39, 0.29) is 24.0 Å². The second kappa shape index (κ2) is 14.1. The predicted octanol–water partition coefficient (Wildman–Crippen LogP) is 4.29.